The standard InChI is InChI=1S/C10H13BrN2O3/c1-6(2)10(14)4-8-9(13(15)16)3-7(11)5-12-8/h3,5-6,10,14H,4H2,1-2H3. The Bertz CT molecular complexity index is 396. The Labute approximate surface area is 102 Å². The largest absolute Gasteiger partial charge is 0.392 e. The molecule has 1 atom stereocenters. The summed E-state index contributed by atoms with van der Waals surface area (Å²) in [6, 6.07) is 1.40. The van der Waals surface area contributed by atoms with Crippen LogP contribution in [0, 0.1) is 16.0 Å². The molecule has 0 aliphatic rings. The fourth-order valence-electron chi connectivity index (χ4n) is 1.21. The number of pyridine rings is 1. The predicted octanol–water partition coefficient (Wildman–Crippen LogP) is 2.31. The minimum absolute atomic E-state index is 0.0463. The number of aromatic nitrogens is 1. The summed E-state index contributed by atoms with van der Waals surface area (Å²) in [5.41, 5.74) is 0.253. The van der Waals surface area contributed by atoms with Crippen molar-refractivity contribution in [1.29, 1.82) is 0 Å². The van der Waals surface area contributed by atoms with E-state index in [0.29, 0.717) is 10.2 Å². The molecule has 0 aliphatic heterocycles. The summed E-state index contributed by atoms with van der Waals surface area (Å²) < 4.78 is 0.557. The van der Waals surface area contributed by atoms with Gasteiger partial charge in [0.25, 0.3) is 5.69 Å². The molecule has 0 bridgehead atoms. The summed E-state index contributed by atoms with van der Waals surface area (Å²) in [6.07, 6.45) is 1.07. The zero-order valence-corrected chi connectivity index (χ0v) is 10.6. The Morgan fingerprint density at radius 1 is 1.62 bits per heavy atom. The summed E-state index contributed by atoms with van der Waals surface area (Å²) in [7, 11) is 0. The Morgan fingerprint density at radius 3 is 2.75 bits per heavy atom. The van der Waals surface area contributed by atoms with Crippen molar-refractivity contribution in [2.45, 2.75) is 26.4 Å². The van der Waals surface area contributed by atoms with Crippen LogP contribution in [0.25, 0.3) is 0 Å². The van der Waals surface area contributed by atoms with Crippen LogP contribution in [0.4, 0.5) is 5.69 Å². The summed E-state index contributed by atoms with van der Waals surface area (Å²) in [5.74, 6) is 0.0463. The molecule has 0 radical (unpaired) electrons. The molecule has 5 nitrogen and oxygen atoms in total. The first-order valence-electron chi connectivity index (χ1n) is 4.88. The van der Waals surface area contributed by atoms with Crippen LogP contribution in [0.2, 0.25) is 0 Å². The maximum Gasteiger partial charge on any atom is 0.291 e. The molecule has 6 heteroatoms. The molecule has 1 aromatic heterocycles. The Balaban J connectivity index is 2.99. The van der Waals surface area contributed by atoms with Gasteiger partial charge in [-0.1, -0.05) is 13.8 Å². The van der Waals surface area contributed by atoms with Crippen LogP contribution in [0.1, 0.15) is 19.5 Å². The number of nitrogens with zero attached hydrogens (tertiary/aromatic N) is 2. The monoisotopic (exact) mass is 288 g/mol. The smallest absolute Gasteiger partial charge is 0.291 e. The highest BCUT2D eigenvalue weighted by atomic mass is 79.9. The summed E-state index contributed by atoms with van der Waals surface area (Å²) in [6.45, 7) is 3.71. The first-order chi connectivity index (χ1) is 7.41. The van der Waals surface area contributed by atoms with E-state index in [9.17, 15) is 15.2 Å². The van der Waals surface area contributed by atoms with Gasteiger partial charge in [-0.2, -0.15) is 0 Å². The van der Waals surface area contributed by atoms with Crippen LogP contribution < -0.4 is 0 Å². The average molecular weight is 289 g/mol. The molecule has 1 aromatic rings. The second kappa shape index (κ2) is 5.36. The third kappa shape index (κ3) is 3.24. The lowest BCUT2D eigenvalue weighted by atomic mass is 10.0. The quantitative estimate of drug-likeness (QED) is 0.681. The Hall–Kier alpha value is -1.01. The molecule has 0 saturated heterocycles. The number of rotatable bonds is 4. The molecule has 0 amide bonds. The van der Waals surface area contributed by atoms with Crippen LogP contribution in [-0.2, 0) is 6.42 Å². The van der Waals surface area contributed by atoms with Crippen LogP contribution in [0.3, 0.4) is 0 Å². The first kappa shape index (κ1) is 13.1. The van der Waals surface area contributed by atoms with Gasteiger partial charge in [-0.25, -0.2) is 0 Å². The fraction of sp³-hybridized carbons (Fsp3) is 0.500. The highest BCUT2D eigenvalue weighted by Gasteiger charge is 2.20. The zero-order valence-electron chi connectivity index (χ0n) is 9.05. The van der Waals surface area contributed by atoms with E-state index in [0.717, 1.165) is 0 Å². The van der Waals surface area contributed by atoms with Crippen LogP contribution in [0.5, 0.6) is 0 Å². The normalized spacial score (nSPS) is 12.8. The second-order valence-corrected chi connectivity index (χ2v) is 4.81. The number of halogens is 1. The summed E-state index contributed by atoms with van der Waals surface area (Å²) in [4.78, 5) is 14.3. The van der Waals surface area contributed by atoms with Gasteiger partial charge in [0.2, 0.25) is 0 Å². The van der Waals surface area contributed by atoms with Gasteiger partial charge in [-0.15, -0.1) is 0 Å². The summed E-state index contributed by atoms with van der Waals surface area (Å²) in [5, 5.41) is 20.5. The molecule has 0 spiro atoms. The molecule has 0 aliphatic carbocycles. The zero-order chi connectivity index (χ0) is 12.3. The van der Waals surface area contributed by atoms with Gasteiger partial charge in [0, 0.05) is 23.2 Å². The van der Waals surface area contributed by atoms with Crippen molar-refractivity contribution in [3.8, 4) is 0 Å². The number of hydrogen-bond donors (Lipinski definition) is 1. The third-order valence-corrected chi connectivity index (χ3v) is 2.72. The molecule has 1 unspecified atom stereocenters. The van der Waals surface area contributed by atoms with Crippen molar-refractivity contribution in [3.05, 3.63) is 32.5 Å². The molecule has 16 heavy (non-hydrogen) atoms. The van der Waals surface area contributed by atoms with E-state index in [-0.39, 0.29) is 18.0 Å². The van der Waals surface area contributed by atoms with Crippen molar-refractivity contribution < 1.29 is 10.0 Å². The SMILES string of the molecule is CC(C)C(O)Cc1ncc(Br)cc1[N+](=O)[O-]. The fourth-order valence-corrected chi connectivity index (χ4v) is 1.53. The van der Waals surface area contributed by atoms with E-state index in [2.05, 4.69) is 20.9 Å². The molecule has 1 N–H and O–H groups in total. The van der Waals surface area contributed by atoms with Crippen molar-refractivity contribution in [2.75, 3.05) is 0 Å². The average Bonchev–Trinajstić information content (AvgIpc) is 2.20. The van der Waals surface area contributed by atoms with Gasteiger partial charge in [-0.05, 0) is 21.8 Å². The van der Waals surface area contributed by atoms with Crippen molar-refractivity contribution >= 4 is 21.6 Å². The number of hydrogen-bond acceptors (Lipinski definition) is 4. The number of aliphatic hydroxyl groups excluding tert-OH is 1. The van der Waals surface area contributed by atoms with Gasteiger partial charge < -0.3 is 5.11 Å². The molecule has 0 fully saturated rings. The van der Waals surface area contributed by atoms with Crippen LogP contribution in [0.15, 0.2) is 16.7 Å². The van der Waals surface area contributed by atoms with Gasteiger partial charge in [0.15, 0.2) is 0 Å². The lowest BCUT2D eigenvalue weighted by Gasteiger charge is -2.13. The molecule has 88 valence electrons. The van der Waals surface area contributed by atoms with E-state index in [1.54, 1.807) is 0 Å². The highest BCUT2D eigenvalue weighted by molar-refractivity contribution is 9.10. The van der Waals surface area contributed by atoms with Gasteiger partial charge >= 0.3 is 0 Å². The van der Waals surface area contributed by atoms with Crippen LogP contribution in [-0.4, -0.2) is 21.1 Å². The van der Waals surface area contributed by atoms with Crippen molar-refractivity contribution in [1.82, 2.24) is 4.98 Å². The number of aliphatic hydroxyl groups is 1. The minimum Gasteiger partial charge on any atom is -0.392 e. The molecule has 0 saturated carbocycles. The molecule has 0 aromatic carbocycles. The van der Waals surface area contributed by atoms with Gasteiger partial charge in [0.05, 0.1) is 11.0 Å². The maximum atomic E-state index is 10.8. The van der Waals surface area contributed by atoms with E-state index in [4.69, 9.17) is 0 Å². The topological polar surface area (TPSA) is 76.3 Å². The lowest BCUT2D eigenvalue weighted by molar-refractivity contribution is -0.386. The summed E-state index contributed by atoms with van der Waals surface area (Å²) >= 11 is 3.13. The van der Waals surface area contributed by atoms with E-state index in [1.165, 1.54) is 12.3 Å². The van der Waals surface area contributed by atoms with Crippen molar-refractivity contribution in [2.24, 2.45) is 5.92 Å². The molecular formula is C10H13BrN2O3. The van der Waals surface area contributed by atoms with E-state index >= 15 is 0 Å². The van der Waals surface area contributed by atoms with Gasteiger partial charge in [-0.3, -0.25) is 15.1 Å². The highest BCUT2D eigenvalue weighted by Crippen LogP contribution is 2.23. The first-order valence-corrected chi connectivity index (χ1v) is 5.68. The predicted molar refractivity (Wildman–Crippen MR) is 63.1 cm³/mol. The molecule has 1 heterocycles. The molecular weight excluding hydrogens is 276 g/mol. The lowest BCUT2D eigenvalue weighted by Crippen LogP contribution is -2.19. The van der Waals surface area contributed by atoms with Crippen LogP contribution >= 0.6 is 15.9 Å². The van der Waals surface area contributed by atoms with Crippen molar-refractivity contribution in [3.63, 3.8) is 0 Å². The minimum atomic E-state index is -0.618. The second-order valence-electron chi connectivity index (χ2n) is 3.89. The van der Waals surface area contributed by atoms with E-state index < -0.39 is 11.0 Å². The number of nitro groups is 1. The van der Waals surface area contributed by atoms with E-state index in [1.807, 2.05) is 13.8 Å². The maximum absolute atomic E-state index is 10.8. The molecule has 1 rings (SSSR count). The Kier molecular flexibility index (Phi) is 4.37. The third-order valence-electron chi connectivity index (χ3n) is 2.28. The van der Waals surface area contributed by atoms with Gasteiger partial charge in [0.1, 0.15) is 5.69 Å². The Morgan fingerprint density at radius 2 is 2.25 bits per heavy atom.